The van der Waals surface area contributed by atoms with Crippen LogP contribution in [0.1, 0.15) is 25.3 Å². The van der Waals surface area contributed by atoms with Gasteiger partial charge in [-0.15, -0.1) is 0 Å². The average molecular weight is 317 g/mol. The fourth-order valence-corrected chi connectivity index (χ4v) is 3.69. The number of hydrogen-bond acceptors (Lipinski definition) is 4. The summed E-state index contributed by atoms with van der Waals surface area (Å²) in [5.74, 6) is 0.786. The van der Waals surface area contributed by atoms with Crippen LogP contribution in [0.5, 0.6) is 0 Å². The fraction of sp³-hybridized carbons (Fsp3) is 0.684. The number of morpholine rings is 1. The van der Waals surface area contributed by atoms with Gasteiger partial charge in [0.15, 0.2) is 0 Å². The summed E-state index contributed by atoms with van der Waals surface area (Å²) >= 11 is 0. The van der Waals surface area contributed by atoms with E-state index in [1.807, 2.05) is 0 Å². The second kappa shape index (κ2) is 8.13. The third-order valence-electron chi connectivity index (χ3n) is 5.30. The number of rotatable bonds is 5. The summed E-state index contributed by atoms with van der Waals surface area (Å²) in [6, 6.07) is 9.48. The first-order valence-corrected chi connectivity index (χ1v) is 9.05. The zero-order chi connectivity index (χ0) is 16.1. The number of hydrogen-bond donors (Lipinski definition) is 1. The molecule has 1 aromatic rings. The number of piperidine rings is 1. The van der Waals surface area contributed by atoms with Crippen molar-refractivity contribution in [2.45, 2.75) is 32.4 Å². The Balaban J connectivity index is 1.54. The lowest BCUT2D eigenvalue weighted by Crippen LogP contribution is -2.37. The highest BCUT2D eigenvalue weighted by Crippen LogP contribution is 2.23. The van der Waals surface area contributed by atoms with Crippen LogP contribution in [-0.4, -0.2) is 62.3 Å². The molecule has 0 amide bonds. The van der Waals surface area contributed by atoms with Crippen molar-refractivity contribution in [2.24, 2.45) is 5.92 Å². The van der Waals surface area contributed by atoms with Crippen LogP contribution >= 0.6 is 0 Å². The van der Waals surface area contributed by atoms with E-state index in [0.717, 1.165) is 38.8 Å². The van der Waals surface area contributed by atoms with Crippen LogP contribution in [0.3, 0.4) is 0 Å². The summed E-state index contributed by atoms with van der Waals surface area (Å²) < 4.78 is 5.43. The van der Waals surface area contributed by atoms with Gasteiger partial charge in [-0.25, -0.2) is 0 Å². The van der Waals surface area contributed by atoms with Crippen LogP contribution in [0.2, 0.25) is 0 Å². The Labute approximate surface area is 140 Å². The van der Waals surface area contributed by atoms with Crippen molar-refractivity contribution in [3.05, 3.63) is 29.8 Å². The Morgan fingerprint density at radius 3 is 2.65 bits per heavy atom. The van der Waals surface area contributed by atoms with Gasteiger partial charge in [0.25, 0.3) is 0 Å². The number of nitrogens with one attached hydrogen (secondary N) is 1. The van der Waals surface area contributed by atoms with Crippen LogP contribution in [0.15, 0.2) is 24.3 Å². The molecule has 2 aliphatic rings. The Kier molecular flexibility index (Phi) is 5.92. The average Bonchev–Trinajstić information content (AvgIpc) is 2.57. The molecular formula is C19H31N3O. The molecule has 0 aromatic heterocycles. The normalized spacial score (nSPS) is 22.9. The maximum Gasteiger partial charge on any atom is 0.0594 e. The maximum atomic E-state index is 5.43. The minimum atomic E-state index is 0.544. The molecule has 0 spiro atoms. The molecule has 23 heavy (non-hydrogen) atoms. The highest BCUT2D eigenvalue weighted by Gasteiger charge is 2.22. The number of nitrogens with zero attached hydrogens (tertiary/aromatic N) is 2. The minimum absolute atomic E-state index is 0.544. The van der Waals surface area contributed by atoms with Crippen LogP contribution in [0.25, 0.3) is 0 Å². The Morgan fingerprint density at radius 1 is 1.17 bits per heavy atom. The zero-order valence-electron chi connectivity index (χ0n) is 14.6. The van der Waals surface area contributed by atoms with E-state index in [1.165, 1.54) is 37.2 Å². The molecule has 1 aromatic carbocycles. The molecule has 4 heteroatoms. The minimum Gasteiger partial charge on any atom is -0.382 e. The van der Waals surface area contributed by atoms with Crippen LogP contribution in [-0.2, 0) is 11.3 Å². The number of likely N-dealkylation sites (tertiary alicyclic amines) is 1. The molecule has 0 aliphatic carbocycles. The van der Waals surface area contributed by atoms with Gasteiger partial charge in [-0.05, 0) is 63.5 Å². The molecule has 0 saturated carbocycles. The molecule has 1 N–H and O–H groups in total. The molecule has 0 radical (unpaired) electrons. The number of ether oxygens (including phenoxy) is 1. The van der Waals surface area contributed by atoms with Gasteiger partial charge < -0.3 is 15.0 Å². The van der Waals surface area contributed by atoms with Crippen molar-refractivity contribution in [3.8, 4) is 0 Å². The Hall–Kier alpha value is -1.10. The van der Waals surface area contributed by atoms with Gasteiger partial charge in [0.05, 0.1) is 13.2 Å². The zero-order valence-corrected chi connectivity index (χ0v) is 14.6. The van der Waals surface area contributed by atoms with Gasteiger partial charge in [0, 0.05) is 31.4 Å². The lowest BCUT2D eigenvalue weighted by atomic mass is 9.90. The predicted molar refractivity (Wildman–Crippen MR) is 95.8 cm³/mol. The van der Waals surface area contributed by atoms with Crippen LogP contribution in [0.4, 0.5) is 5.69 Å². The molecule has 2 heterocycles. The van der Waals surface area contributed by atoms with Gasteiger partial charge in [-0.3, -0.25) is 4.90 Å². The van der Waals surface area contributed by atoms with E-state index < -0.39 is 0 Å². The summed E-state index contributed by atoms with van der Waals surface area (Å²) in [6.45, 7) is 9.65. The van der Waals surface area contributed by atoms with E-state index in [2.05, 4.69) is 53.4 Å². The van der Waals surface area contributed by atoms with Gasteiger partial charge in [-0.1, -0.05) is 12.1 Å². The predicted octanol–water partition coefficient (Wildman–Crippen LogP) is 2.66. The topological polar surface area (TPSA) is 27.7 Å². The maximum absolute atomic E-state index is 5.43. The van der Waals surface area contributed by atoms with Gasteiger partial charge in [0.2, 0.25) is 0 Å². The third-order valence-corrected chi connectivity index (χ3v) is 5.30. The van der Waals surface area contributed by atoms with Gasteiger partial charge in [0.1, 0.15) is 0 Å². The quantitative estimate of drug-likeness (QED) is 0.903. The Bertz CT molecular complexity index is 479. The first kappa shape index (κ1) is 16.7. The van der Waals surface area contributed by atoms with Crippen LogP contribution < -0.4 is 5.32 Å². The van der Waals surface area contributed by atoms with Crippen molar-refractivity contribution in [3.63, 3.8) is 0 Å². The smallest absolute Gasteiger partial charge is 0.0594 e. The molecule has 0 unspecified atom stereocenters. The number of benzene rings is 1. The monoisotopic (exact) mass is 317 g/mol. The lowest BCUT2D eigenvalue weighted by molar-refractivity contribution is 0.0342. The third kappa shape index (κ3) is 4.93. The molecule has 1 atom stereocenters. The molecular weight excluding hydrogens is 286 g/mol. The molecule has 128 valence electrons. The van der Waals surface area contributed by atoms with Gasteiger partial charge >= 0.3 is 0 Å². The summed E-state index contributed by atoms with van der Waals surface area (Å²) in [4.78, 5) is 4.91. The molecule has 4 nitrogen and oxygen atoms in total. The number of anilines is 1. The first-order valence-electron chi connectivity index (χ1n) is 9.05. The molecule has 0 bridgehead atoms. The highest BCUT2D eigenvalue weighted by molar-refractivity contribution is 5.46. The van der Waals surface area contributed by atoms with E-state index in [4.69, 9.17) is 4.74 Å². The summed E-state index contributed by atoms with van der Waals surface area (Å²) in [5, 5.41) is 3.74. The Morgan fingerprint density at radius 2 is 1.91 bits per heavy atom. The highest BCUT2D eigenvalue weighted by atomic mass is 16.5. The van der Waals surface area contributed by atoms with Crippen molar-refractivity contribution in [1.29, 1.82) is 0 Å². The molecule has 2 saturated heterocycles. The van der Waals surface area contributed by atoms with Gasteiger partial charge in [-0.2, -0.15) is 0 Å². The molecule has 3 rings (SSSR count). The summed E-state index contributed by atoms with van der Waals surface area (Å²) in [7, 11) is 2.23. The van der Waals surface area contributed by atoms with E-state index in [0.29, 0.717) is 6.04 Å². The SMILES string of the molecule is C[C@H](Nc1cccc(CN2CCOCC2)c1)C1CCN(C)CC1. The van der Waals surface area contributed by atoms with Crippen molar-refractivity contribution in [2.75, 3.05) is 51.8 Å². The van der Waals surface area contributed by atoms with Crippen molar-refractivity contribution >= 4 is 5.69 Å². The van der Waals surface area contributed by atoms with Crippen molar-refractivity contribution < 1.29 is 4.74 Å². The first-order chi connectivity index (χ1) is 11.2. The standard InChI is InChI=1S/C19H31N3O/c1-16(18-6-8-21(2)9-7-18)20-19-5-3-4-17(14-19)15-22-10-12-23-13-11-22/h3-5,14,16,18,20H,6-13,15H2,1-2H3/t16-/m0/s1. The second-order valence-electron chi connectivity index (χ2n) is 7.16. The fourth-order valence-electron chi connectivity index (χ4n) is 3.69. The lowest BCUT2D eigenvalue weighted by Gasteiger charge is -2.33. The van der Waals surface area contributed by atoms with Crippen molar-refractivity contribution in [1.82, 2.24) is 9.80 Å². The summed E-state index contributed by atoms with van der Waals surface area (Å²) in [5.41, 5.74) is 2.66. The molecule has 2 aliphatic heterocycles. The van der Waals surface area contributed by atoms with E-state index >= 15 is 0 Å². The largest absolute Gasteiger partial charge is 0.382 e. The van der Waals surface area contributed by atoms with E-state index in [9.17, 15) is 0 Å². The molecule has 2 fully saturated rings. The second-order valence-corrected chi connectivity index (χ2v) is 7.16. The summed E-state index contributed by atoms with van der Waals surface area (Å²) in [6.07, 6.45) is 2.61. The van der Waals surface area contributed by atoms with E-state index in [-0.39, 0.29) is 0 Å². The van der Waals surface area contributed by atoms with E-state index in [1.54, 1.807) is 0 Å². The van der Waals surface area contributed by atoms with Crippen LogP contribution in [0, 0.1) is 5.92 Å².